The van der Waals surface area contributed by atoms with Crippen LogP contribution in [0.5, 0.6) is 0 Å². The van der Waals surface area contributed by atoms with E-state index in [4.69, 9.17) is 0 Å². The van der Waals surface area contributed by atoms with E-state index < -0.39 is 0 Å². The third-order valence-electron chi connectivity index (χ3n) is 4.30. The summed E-state index contributed by atoms with van der Waals surface area (Å²) in [5.74, 6) is -0.0847. The fraction of sp³-hybridized carbons (Fsp3) is 0.571. The number of nitrogens with one attached hydrogen (secondary N) is 1. The van der Waals surface area contributed by atoms with E-state index in [0.717, 1.165) is 31.9 Å². The Morgan fingerprint density at radius 2 is 1.88 bits per heavy atom. The molecular weight excluding hydrogens is 215 g/mol. The normalized spacial score (nSPS) is 23.2. The van der Waals surface area contributed by atoms with Crippen molar-refractivity contribution in [1.29, 1.82) is 0 Å². The van der Waals surface area contributed by atoms with Crippen LogP contribution < -0.4 is 10.2 Å². The quantitative estimate of drug-likeness (QED) is 0.802. The van der Waals surface area contributed by atoms with Crippen molar-refractivity contribution in [3.05, 3.63) is 30.1 Å². The van der Waals surface area contributed by atoms with Crippen LogP contribution in [-0.4, -0.2) is 26.2 Å². The third kappa shape index (κ3) is 2.04. The smallest absolute Gasteiger partial charge is 0.146 e. The molecule has 1 aromatic rings. The van der Waals surface area contributed by atoms with Gasteiger partial charge in [-0.1, -0.05) is 12.1 Å². The Hall–Kier alpha value is -1.09. The molecular formula is C14H19FN2. The predicted octanol–water partition coefficient (Wildman–Crippen LogP) is 2.41. The monoisotopic (exact) mass is 234 g/mol. The fourth-order valence-corrected chi connectivity index (χ4v) is 3.21. The summed E-state index contributed by atoms with van der Waals surface area (Å²) >= 11 is 0. The van der Waals surface area contributed by atoms with Gasteiger partial charge < -0.3 is 10.2 Å². The second-order valence-corrected chi connectivity index (χ2v) is 5.37. The number of anilines is 1. The maximum absolute atomic E-state index is 13.7. The van der Waals surface area contributed by atoms with Gasteiger partial charge >= 0.3 is 0 Å². The van der Waals surface area contributed by atoms with E-state index in [1.807, 2.05) is 12.1 Å². The molecule has 92 valence electrons. The maximum Gasteiger partial charge on any atom is 0.146 e. The van der Waals surface area contributed by atoms with Crippen molar-refractivity contribution < 1.29 is 4.39 Å². The maximum atomic E-state index is 13.7. The summed E-state index contributed by atoms with van der Waals surface area (Å²) in [5.41, 5.74) is 1.22. The van der Waals surface area contributed by atoms with E-state index in [9.17, 15) is 4.39 Å². The molecule has 3 heteroatoms. The number of nitrogens with zero attached hydrogens (tertiary/aromatic N) is 1. The Morgan fingerprint density at radius 3 is 2.65 bits per heavy atom. The number of hydrogen-bond acceptors (Lipinski definition) is 2. The van der Waals surface area contributed by atoms with Crippen molar-refractivity contribution in [3.63, 3.8) is 0 Å². The third-order valence-corrected chi connectivity index (χ3v) is 4.30. The molecule has 1 spiro atoms. The zero-order chi connectivity index (χ0) is 11.7. The van der Waals surface area contributed by atoms with Crippen molar-refractivity contribution in [2.24, 2.45) is 5.41 Å². The van der Waals surface area contributed by atoms with Gasteiger partial charge in [-0.15, -0.1) is 0 Å². The number of benzene rings is 1. The molecule has 0 bridgehead atoms. The van der Waals surface area contributed by atoms with Crippen molar-refractivity contribution in [2.75, 3.05) is 31.1 Å². The SMILES string of the molecule is Fc1ccccc1N1CCC2(CCNCC2)C1. The molecule has 0 atom stereocenters. The second kappa shape index (κ2) is 4.30. The Morgan fingerprint density at radius 1 is 1.12 bits per heavy atom. The molecule has 2 heterocycles. The van der Waals surface area contributed by atoms with Gasteiger partial charge in [-0.3, -0.25) is 0 Å². The van der Waals surface area contributed by atoms with E-state index in [-0.39, 0.29) is 5.82 Å². The zero-order valence-electron chi connectivity index (χ0n) is 10.1. The van der Waals surface area contributed by atoms with Crippen LogP contribution in [0.25, 0.3) is 0 Å². The van der Waals surface area contributed by atoms with Crippen LogP contribution >= 0.6 is 0 Å². The van der Waals surface area contributed by atoms with Crippen molar-refractivity contribution in [2.45, 2.75) is 19.3 Å². The summed E-state index contributed by atoms with van der Waals surface area (Å²) in [6.45, 7) is 4.26. The van der Waals surface area contributed by atoms with E-state index in [1.165, 1.54) is 19.3 Å². The standard InChI is InChI=1S/C14H19FN2/c15-12-3-1-2-4-13(12)17-10-7-14(11-17)5-8-16-9-6-14/h1-4,16H,5-11H2. The average Bonchev–Trinajstić information content (AvgIpc) is 2.74. The van der Waals surface area contributed by atoms with E-state index in [2.05, 4.69) is 10.2 Å². The highest BCUT2D eigenvalue weighted by atomic mass is 19.1. The molecule has 0 saturated carbocycles. The van der Waals surface area contributed by atoms with Crippen molar-refractivity contribution in [1.82, 2.24) is 5.32 Å². The number of piperidine rings is 1. The highest BCUT2D eigenvalue weighted by Crippen LogP contribution is 2.40. The summed E-state index contributed by atoms with van der Waals surface area (Å²) in [6, 6.07) is 7.14. The van der Waals surface area contributed by atoms with E-state index in [0.29, 0.717) is 5.41 Å². The Kier molecular flexibility index (Phi) is 2.79. The summed E-state index contributed by atoms with van der Waals surface area (Å²) in [6.07, 6.45) is 3.68. The minimum atomic E-state index is -0.0847. The van der Waals surface area contributed by atoms with Gasteiger partial charge in [-0.25, -0.2) is 4.39 Å². The lowest BCUT2D eigenvalue weighted by atomic mass is 9.78. The molecule has 2 aliphatic heterocycles. The van der Waals surface area contributed by atoms with Crippen LogP contribution in [0.3, 0.4) is 0 Å². The Bertz CT molecular complexity index is 399. The largest absolute Gasteiger partial charge is 0.369 e. The van der Waals surface area contributed by atoms with Crippen LogP contribution in [0.15, 0.2) is 24.3 Å². The number of rotatable bonds is 1. The summed E-state index contributed by atoms with van der Waals surface area (Å²) in [4.78, 5) is 2.22. The van der Waals surface area contributed by atoms with E-state index in [1.54, 1.807) is 12.1 Å². The van der Waals surface area contributed by atoms with Crippen LogP contribution in [0, 0.1) is 11.2 Å². The first-order valence-corrected chi connectivity index (χ1v) is 6.49. The molecule has 0 amide bonds. The van der Waals surface area contributed by atoms with Crippen LogP contribution in [-0.2, 0) is 0 Å². The van der Waals surface area contributed by atoms with Gasteiger partial charge in [0.05, 0.1) is 5.69 Å². The first-order valence-electron chi connectivity index (χ1n) is 6.49. The number of halogens is 1. The number of hydrogen-bond donors (Lipinski definition) is 1. The molecule has 2 saturated heterocycles. The van der Waals surface area contributed by atoms with E-state index >= 15 is 0 Å². The summed E-state index contributed by atoms with van der Waals surface area (Å²) < 4.78 is 13.7. The highest BCUT2D eigenvalue weighted by Gasteiger charge is 2.39. The summed E-state index contributed by atoms with van der Waals surface area (Å²) in [7, 11) is 0. The minimum absolute atomic E-state index is 0.0847. The molecule has 3 rings (SSSR count). The topological polar surface area (TPSA) is 15.3 Å². The molecule has 2 nitrogen and oxygen atoms in total. The molecule has 2 fully saturated rings. The average molecular weight is 234 g/mol. The number of para-hydroxylation sites is 1. The lowest BCUT2D eigenvalue weighted by Gasteiger charge is -2.34. The molecule has 0 unspecified atom stereocenters. The Balaban J connectivity index is 1.77. The lowest BCUT2D eigenvalue weighted by molar-refractivity contribution is 0.232. The molecule has 0 aliphatic carbocycles. The molecule has 0 aromatic heterocycles. The highest BCUT2D eigenvalue weighted by molar-refractivity contribution is 5.49. The van der Waals surface area contributed by atoms with Crippen LogP contribution in [0.1, 0.15) is 19.3 Å². The predicted molar refractivity (Wildman–Crippen MR) is 67.8 cm³/mol. The van der Waals surface area contributed by atoms with Gasteiger partial charge in [-0.2, -0.15) is 0 Å². The molecule has 0 radical (unpaired) electrons. The van der Waals surface area contributed by atoms with Crippen molar-refractivity contribution >= 4 is 5.69 Å². The molecule has 2 aliphatic rings. The molecule has 1 N–H and O–H groups in total. The van der Waals surface area contributed by atoms with Crippen molar-refractivity contribution in [3.8, 4) is 0 Å². The van der Waals surface area contributed by atoms with Gasteiger partial charge in [0.15, 0.2) is 0 Å². The second-order valence-electron chi connectivity index (χ2n) is 5.37. The van der Waals surface area contributed by atoms with Crippen LogP contribution in [0.4, 0.5) is 10.1 Å². The Labute approximate surface area is 102 Å². The fourth-order valence-electron chi connectivity index (χ4n) is 3.21. The first kappa shape index (κ1) is 11.0. The van der Waals surface area contributed by atoms with Gasteiger partial charge in [0.25, 0.3) is 0 Å². The van der Waals surface area contributed by atoms with Gasteiger partial charge in [0.1, 0.15) is 5.82 Å². The molecule has 1 aromatic carbocycles. The lowest BCUT2D eigenvalue weighted by Crippen LogP contribution is -2.38. The minimum Gasteiger partial charge on any atom is -0.369 e. The van der Waals surface area contributed by atoms with Gasteiger partial charge in [0, 0.05) is 13.1 Å². The summed E-state index contributed by atoms with van der Waals surface area (Å²) in [5, 5.41) is 3.41. The van der Waals surface area contributed by atoms with Gasteiger partial charge in [0.2, 0.25) is 0 Å². The molecule has 17 heavy (non-hydrogen) atoms. The van der Waals surface area contributed by atoms with Crippen LogP contribution in [0.2, 0.25) is 0 Å². The first-order chi connectivity index (χ1) is 8.29. The zero-order valence-corrected chi connectivity index (χ0v) is 10.1. The van der Waals surface area contributed by atoms with Gasteiger partial charge in [-0.05, 0) is 49.9 Å².